The molecule has 0 bridgehead atoms. The van der Waals surface area contributed by atoms with E-state index < -0.39 is 98.5 Å². The summed E-state index contributed by atoms with van der Waals surface area (Å²) in [6.45, 7) is 45.2. The van der Waals surface area contributed by atoms with Crippen LogP contribution in [-0.2, 0) is 57.8 Å². The summed E-state index contributed by atoms with van der Waals surface area (Å²) in [7, 11) is 1.47. The van der Waals surface area contributed by atoms with Gasteiger partial charge in [-0.25, -0.2) is 9.97 Å². The molecule has 2 fully saturated rings. The van der Waals surface area contributed by atoms with Gasteiger partial charge in [0.2, 0.25) is 0 Å². The highest BCUT2D eigenvalue weighted by molar-refractivity contribution is 7.09. The van der Waals surface area contributed by atoms with Crippen LogP contribution in [-0.4, -0.2) is 120 Å². The number of rotatable bonds is 17. The number of carbonyl (C=O) groups is 6. The molecule has 1 saturated heterocycles. The Kier molecular flexibility index (Phi) is 25.7. The van der Waals surface area contributed by atoms with Crippen LogP contribution in [0.4, 0.5) is 0 Å². The predicted molar refractivity (Wildman–Crippen MR) is 357 cm³/mol. The highest BCUT2D eigenvalue weighted by Gasteiger charge is 2.62. The molecule has 3 heterocycles. The summed E-state index contributed by atoms with van der Waals surface area (Å²) in [5, 5.41) is 7.76. The van der Waals surface area contributed by atoms with E-state index in [0.29, 0.717) is 27.6 Å². The number of aromatic nitrogens is 2. The molecule has 1 N–H and O–H groups in total. The van der Waals surface area contributed by atoms with E-state index in [1.54, 1.807) is 71.6 Å². The van der Waals surface area contributed by atoms with E-state index in [9.17, 15) is 28.8 Å². The summed E-state index contributed by atoms with van der Waals surface area (Å²) in [4.78, 5) is 88.5. The zero-order valence-corrected chi connectivity index (χ0v) is 62.1. The summed E-state index contributed by atoms with van der Waals surface area (Å²) >= 11 is 8.21. The van der Waals surface area contributed by atoms with Crippen molar-refractivity contribution in [2.75, 3.05) is 41.7 Å². The van der Waals surface area contributed by atoms with E-state index in [1.165, 1.54) is 36.9 Å². The van der Waals surface area contributed by atoms with Gasteiger partial charge in [0.25, 0.3) is 5.24 Å². The van der Waals surface area contributed by atoms with Crippen molar-refractivity contribution in [3.05, 3.63) is 91.8 Å². The predicted octanol–water partition coefficient (Wildman–Crippen LogP) is 14.7. The third kappa shape index (κ3) is 19.6. The first kappa shape index (κ1) is 76.6. The van der Waals surface area contributed by atoms with E-state index in [0.717, 1.165) is 16.1 Å². The van der Waals surface area contributed by atoms with Crippen molar-refractivity contribution in [3.8, 4) is 11.5 Å². The fourth-order valence-electron chi connectivity index (χ4n) is 10.5. The second kappa shape index (κ2) is 29.8. The first-order valence-electron chi connectivity index (χ1n) is 30.2. The molecule has 0 amide bonds. The number of hydrogen-bond acceptors (Lipinski definition) is 19. The second-order valence-corrected chi connectivity index (χ2v) is 41.9. The first-order chi connectivity index (χ1) is 40.7. The van der Waals surface area contributed by atoms with Crippen molar-refractivity contribution in [2.45, 2.75) is 201 Å². The lowest BCUT2D eigenvalue weighted by Gasteiger charge is -2.38. The Balaban J connectivity index is 0.000000322. The third-order valence-corrected chi connectivity index (χ3v) is 28.1. The molecule has 0 radical (unpaired) electrons. The summed E-state index contributed by atoms with van der Waals surface area (Å²) in [5.41, 5.74) is 1.19. The maximum atomic E-state index is 14.8. The smallest absolute Gasteiger partial charge is 0.324 e. The molecule has 496 valence electrons. The Labute approximate surface area is 545 Å². The summed E-state index contributed by atoms with van der Waals surface area (Å²) in [6.07, 6.45) is 3.34. The van der Waals surface area contributed by atoms with Crippen molar-refractivity contribution in [1.82, 2.24) is 15.3 Å². The molecule has 4 aromatic rings. The lowest BCUT2D eigenvalue weighted by Crippen LogP contribution is -2.47. The van der Waals surface area contributed by atoms with Gasteiger partial charge in [-0.05, 0) is 130 Å². The number of ketones is 1. The fraction of sp³-hybridized carbons (Fsp3) is 0.642. The number of benzene rings is 2. The minimum Gasteiger partial charge on any atom is -0.496 e. The molecule has 2 aromatic carbocycles. The van der Waals surface area contributed by atoms with Crippen LogP contribution in [0.1, 0.15) is 178 Å². The Morgan fingerprint density at radius 1 is 0.528 bits per heavy atom. The van der Waals surface area contributed by atoms with E-state index in [1.807, 2.05) is 43.7 Å². The molecule has 17 nitrogen and oxygen atoms in total. The molecule has 1 unspecified atom stereocenters. The van der Waals surface area contributed by atoms with E-state index in [4.69, 9.17) is 48.9 Å². The van der Waals surface area contributed by atoms with E-state index in [-0.39, 0.29) is 51.8 Å². The van der Waals surface area contributed by atoms with Crippen LogP contribution < -0.4 is 14.8 Å². The zero-order valence-electron chi connectivity index (χ0n) is 57.7. The number of nitrogens with zero attached hydrogens (tertiary/aromatic N) is 2. The number of nitrogens with one attached hydrogen (secondary N) is 1. The fourth-order valence-corrected chi connectivity index (χ4v) is 14.2. The summed E-state index contributed by atoms with van der Waals surface area (Å²) in [6, 6.07) is 9.58. The van der Waals surface area contributed by atoms with Gasteiger partial charge in [-0.2, -0.15) is 0 Å². The van der Waals surface area contributed by atoms with Crippen LogP contribution >= 0.6 is 34.3 Å². The summed E-state index contributed by atoms with van der Waals surface area (Å²) < 4.78 is 46.2. The standard InChI is InChI=1S/C34H51NO7SSi.C21H36N2O5SSi.C12H15ClO2/c1-32(2,3)22-15-14-20(18-23(22)39-10)28(36)26-24(31(38)42-33(4,5)6)21(19-41-44(12,13)34(7,8)9)25(30(37)40-11)27(26)29-35-16-17-43-29;1-20(2,3)28-19(25)15-13(12-27-30(8,9)21(4,5)6)14(18(24)26-7)16(23-15)17-22-10-11-29-17;1-12(2,3)9-6-5-8(11(13)14)7-10(9)15-4/h14-18,21,24-27H,19H2,1-13H3;10-11,13-16,23H,12H2,1-9H3;5-7H,1-4H3/t21-,24-,25+,26?,27+;13-,14-,15-,16+;/m10./s1. The molecule has 89 heavy (non-hydrogen) atoms. The maximum absolute atomic E-state index is 14.8. The molecule has 1 aliphatic heterocycles. The van der Waals surface area contributed by atoms with Crippen molar-refractivity contribution in [2.24, 2.45) is 35.5 Å². The van der Waals surface area contributed by atoms with Gasteiger partial charge in [-0.15, -0.1) is 22.7 Å². The van der Waals surface area contributed by atoms with Crippen molar-refractivity contribution >= 4 is 85.8 Å². The van der Waals surface area contributed by atoms with Crippen LogP contribution in [0.5, 0.6) is 11.5 Å². The highest BCUT2D eigenvalue weighted by Crippen LogP contribution is 2.55. The van der Waals surface area contributed by atoms with Crippen molar-refractivity contribution in [3.63, 3.8) is 0 Å². The van der Waals surface area contributed by atoms with Gasteiger partial charge in [-0.3, -0.25) is 34.1 Å². The number of esters is 4. The Hall–Kier alpha value is -4.88. The van der Waals surface area contributed by atoms with Gasteiger partial charge in [0, 0.05) is 71.2 Å². The van der Waals surface area contributed by atoms with Crippen LogP contribution in [0.25, 0.3) is 0 Å². The van der Waals surface area contributed by atoms with Gasteiger partial charge in [0.15, 0.2) is 22.4 Å². The number of hydrogen-bond donors (Lipinski definition) is 1. The number of halogens is 1. The molecule has 2 aromatic heterocycles. The average molecular weight is 1330 g/mol. The minimum atomic E-state index is -2.31. The molecule has 1 aliphatic carbocycles. The van der Waals surface area contributed by atoms with Gasteiger partial charge in [0.05, 0.1) is 57.2 Å². The largest absolute Gasteiger partial charge is 0.496 e. The Bertz CT molecular complexity index is 3060. The Morgan fingerprint density at radius 3 is 1.34 bits per heavy atom. The third-order valence-electron chi connectivity index (χ3n) is 17.2. The van der Waals surface area contributed by atoms with Gasteiger partial charge in [-0.1, -0.05) is 101 Å². The maximum Gasteiger partial charge on any atom is 0.324 e. The number of carbonyl (C=O) groups excluding carboxylic acids is 6. The Morgan fingerprint density at radius 2 is 0.944 bits per heavy atom. The van der Waals surface area contributed by atoms with E-state index in [2.05, 4.69) is 125 Å². The van der Waals surface area contributed by atoms with Crippen LogP contribution in [0.2, 0.25) is 36.3 Å². The number of methoxy groups -OCH3 is 4. The molecule has 0 spiro atoms. The van der Waals surface area contributed by atoms with Gasteiger partial charge in [0.1, 0.15) is 33.8 Å². The van der Waals surface area contributed by atoms with Crippen molar-refractivity contribution < 1.29 is 66.0 Å². The lowest BCUT2D eigenvalue weighted by atomic mass is 9.79. The second-order valence-electron chi connectivity index (χ2n) is 30.0. The van der Waals surface area contributed by atoms with Gasteiger partial charge < -0.3 is 37.3 Å². The molecular weight excluding hydrogens is 1230 g/mol. The summed E-state index contributed by atoms with van der Waals surface area (Å²) in [5.74, 6) is -5.96. The van der Waals surface area contributed by atoms with Crippen LogP contribution in [0.15, 0.2) is 59.6 Å². The number of ether oxygens (including phenoxy) is 6. The molecule has 6 rings (SSSR count). The van der Waals surface area contributed by atoms with Gasteiger partial charge >= 0.3 is 23.9 Å². The molecule has 9 atom stereocenters. The molecule has 1 saturated carbocycles. The highest BCUT2D eigenvalue weighted by atomic mass is 35.5. The SMILES string of the molecule is COC(=O)[C@H]1[C@H](CO[Si](C)(C)C(C)(C)C)[C@@H](C(=O)OC(C)(C)C)C(C(=O)c2ccc(C(C)(C)C)c(OC)c2)[C@H]1c1nccs1.COC(=O)[C@H]1[C@H](CO[Si](C)(C)C(C)(C)C)[C@@H](C(=O)OC(C)(C)C)N[C@H]1c1nccs1.COc1cc(C(=O)Cl)ccc1C(C)(C)C. The van der Waals surface area contributed by atoms with E-state index >= 15 is 0 Å². The molecule has 2 aliphatic rings. The monoisotopic (exact) mass is 1330 g/mol. The lowest BCUT2D eigenvalue weighted by molar-refractivity contribution is -0.164. The number of thiazole rings is 2. The molecular formula is C67H102ClN3O14S2Si2. The van der Waals surface area contributed by atoms with Crippen LogP contribution in [0, 0.1) is 35.5 Å². The number of Topliss-reactive ketones (excluding diaryl/α,β-unsaturated/α-hetero) is 1. The average Bonchev–Trinajstić information content (AvgIpc) is 1.60. The van der Waals surface area contributed by atoms with Crippen molar-refractivity contribution in [1.29, 1.82) is 0 Å². The minimum absolute atomic E-state index is 0.00984. The topological polar surface area (TPSA) is 214 Å². The quantitative estimate of drug-likeness (QED) is 0.0342. The normalized spacial score (nSPS) is 21.7. The van der Waals surface area contributed by atoms with Crippen LogP contribution in [0.3, 0.4) is 0 Å². The molecule has 22 heteroatoms. The first-order valence-corrected chi connectivity index (χ1v) is 38.2. The zero-order chi connectivity index (χ0) is 68.0.